The van der Waals surface area contributed by atoms with Gasteiger partial charge in [0, 0.05) is 5.56 Å². The van der Waals surface area contributed by atoms with Crippen molar-refractivity contribution in [3.63, 3.8) is 0 Å². The average molecular weight is 588 g/mol. The Balaban J connectivity index is 2.16. The number of nitroso groups, excluding NO2 is 1. The zero-order valence-corrected chi connectivity index (χ0v) is 20.6. The number of rotatable bonds is 7. The van der Waals surface area contributed by atoms with Crippen molar-refractivity contribution < 1.29 is 44.7 Å². The number of nitrogens with one attached hydrogen (secondary N) is 1. The molecule has 1 aromatic heterocycles. The number of hydrogen-bond donors (Lipinski definition) is 1. The summed E-state index contributed by atoms with van der Waals surface area (Å²) in [7, 11) is 0. The van der Waals surface area contributed by atoms with E-state index < -0.39 is 80.2 Å². The Morgan fingerprint density at radius 3 is 2.32 bits per heavy atom. The van der Waals surface area contributed by atoms with Crippen LogP contribution in [0, 0.1) is 16.5 Å². The molecule has 16 heteroatoms. The largest absolute Gasteiger partial charge is 0.483 e. The summed E-state index contributed by atoms with van der Waals surface area (Å²) < 4.78 is 113. The van der Waals surface area contributed by atoms with Crippen LogP contribution < -0.4 is 10.1 Å². The molecule has 0 saturated carbocycles. The Morgan fingerprint density at radius 2 is 1.76 bits per heavy atom. The number of para-hydroxylation sites is 1. The fourth-order valence-corrected chi connectivity index (χ4v) is 4.37. The Morgan fingerprint density at radius 1 is 1.11 bits per heavy atom. The van der Waals surface area contributed by atoms with Crippen molar-refractivity contribution in [2.45, 2.75) is 31.7 Å². The summed E-state index contributed by atoms with van der Waals surface area (Å²) in [5.41, 5.74) is -5.00. The molecular weight excluding hydrogens is 574 g/mol. The SMILES string of the molecule is CC(C)(N=O)c1nc(-c2cc(OCC(F)(F)F)c(C(=O)Nc3c(F)cccc3Cl)cc2F)sc1C(F)(F)F. The first-order valence-corrected chi connectivity index (χ1v) is 11.4. The quantitative estimate of drug-likeness (QED) is 0.225. The van der Waals surface area contributed by atoms with E-state index in [1.807, 2.05) is 5.32 Å². The standard InChI is InChI=1S/C22H14ClF8N3O3S/c1-20(2,34-36)16-17(22(29,30)31)38-19(33-16)9-7-14(37-8-21(26,27)28)10(6-13(9)25)18(35)32-15-11(23)4-3-5-12(15)24/h3-7H,8H2,1-2H3,(H,32,35). The van der Waals surface area contributed by atoms with Crippen molar-refractivity contribution in [2.24, 2.45) is 5.18 Å². The second-order valence-corrected chi connectivity index (χ2v) is 9.53. The van der Waals surface area contributed by atoms with Gasteiger partial charge in [-0.15, -0.1) is 16.2 Å². The van der Waals surface area contributed by atoms with Gasteiger partial charge in [0.2, 0.25) is 0 Å². The number of hydrogen-bond acceptors (Lipinski definition) is 6. The molecule has 3 rings (SSSR count). The van der Waals surface area contributed by atoms with E-state index in [1.54, 1.807) is 0 Å². The molecule has 0 saturated heterocycles. The summed E-state index contributed by atoms with van der Waals surface area (Å²) in [5.74, 6) is -4.62. The number of ether oxygens (including phenoxy) is 1. The number of nitrogens with zero attached hydrogens (tertiary/aromatic N) is 2. The second kappa shape index (κ2) is 10.4. The highest BCUT2D eigenvalue weighted by molar-refractivity contribution is 7.15. The van der Waals surface area contributed by atoms with Crippen molar-refractivity contribution in [1.29, 1.82) is 0 Å². The normalized spacial score (nSPS) is 12.4. The lowest BCUT2D eigenvalue weighted by Gasteiger charge is -2.16. The zero-order chi connectivity index (χ0) is 28.6. The lowest BCUT2D eigenvalue weighted by Crippen LogP contribution is -2.22. The Labute approximate surface area is 217 Å². The van der Waals surface area contributed by atoms with Crippen molar-refractivity contribution in [3.8, 4) is 16.3 Å². The molecule has 1 heterocycles. The topological polar surface area (TPSA) is 80.7 Å². The van der Waals surface area contributed by atoms with Crippen LogP contribution in [0.4, 0.5) is 40.8 Å². The molecule has 0 aliphatic carbocycles. The number of thiazole rings is 1. The van der Waals surface area contributed by atoms with Crippen molar-refractivity contribution >= 4 is 34.5 Å². The Bertz CT molecular complexity index is 1370. The van der Waals surface area contributed by atoms with Crippen LogP contribution in [0.15, 0.2) is 35.5 Å². The number of anilines is 1. The molecule has 1 N–H and O–H groups in total. The maximum Gasteiger partial charge on any atom is 0.427 e. The lowest BCUT2D eigenvalue weighted by atomic mass is 10.0. The number of carbonyl (C=O) groups excluding carboxylic acids is 1. The van der Waals surface area contributed by atoms with Crippen LogP contribution in [-0.4, -0.2) is 23.7 Å². The molecule has 0 atom stereocenters. The minimum Gasteiger partial charge on any atom is -0.483 e. The van der Waals surface area contributed by atoms with Gasteiger partial charge in [-0.1, -0.05) is 22.8 Å². The van der Waals surface area contributed by atoms with Crippen LogP contribution in [0.2, 0.25) is 5.02 Å². The van der Waals surface area contributed by atoms with E-state index in [1.165, 1.54) is 12.1 Å². The third-order valence-corrected chi connectivity index (χ3v) is 6.28. The molecule has 1 amide bonds. The van der Waals surface area contributed by atoms with Gasteiger partial charge in [-0.05, 0) is 38.1 Å². The van der Waals surface area contributed by atoms with Crippen LogP contribution in [0.1, 0.15) is 34.8 Å². The highest BCUT2D eigenvalue weighted by atomic mass is 35.5. The number of halogens is 9. The van der Waals surface area contributed by atoms with Gasteiger partial charge in [-0.3, -0.25) is 4.79 Å². The fourth-order valence-electron chi connectivity index (χ4n) is 3.06. The summed E-state index contributed by atoms with van der Waals surface area (Å²) >= 11 is 5.73. The number of amides is 1. The van der Waals surface area contributed by atoms with Gasteiger partial charge in [0.25, 0.3) is 5.91 Å². The zero-order valence-electron chi connectivity index (χ0n) is 19.0. The van der Waals surface area contributed by atoms with Gasteiger partial charge in [0.1, 0.15) is 32.8 Å². The average Bonchev–Trinajstić information content (AvgIpc) is 3.27. The second-order valence-electron chi connectivity index (χ2n) is 8.13. The molecule has 6 nitrogen and oxygen atoms in total. The molecule has 0 fully saturated rings. The van der Waals surface area contributed by atoms with Crippen LogP contribution in [-0.2, 0) is 11.7 Å². The molecule has 0 aliphatic rings. The summed E-state index contributed by atoms with van der Waals surface area (Å²) in [6.07, 6.45) is -9.95. The van der Waals surface area contributed by atoms with Crippen molar-refractivity contribution in [2.75, 3.05) is 11.9 Å². The number of aromatic nitrogens is 1. The summed E-state index contributed by atoms with van der Waals surface area (Å²) in [5, 5.41) is 3.65. The summed E-state index contributed by atoms with van der Waals surface area (Å²) in [6, 6.07) is 4.25. The van der Waals surface area contributed by atoms with Crippen LogP contribution in [0.3, 0.4) is 0 Å². The van der Waals surface area contributed by atoms with E-state index in [9.17, 15) is 40.4 Å². The Hall–Kier alpha value is -3.33. The van der Waals surface area contributed by atoms with Gasteiger partial charge in [-0.25, -0.2) is 13.8 Å². The number of alkyl halides is 6. The van der Waals surface area contributed by atoms with Crippen LogP contribution in [0.25, 0.3) is 10.6 Å². The first-order valence-electron chi connectivity index (χ1n) is 10.2. The predicted molar refractivity (Wildman–Crippen MR) is 122 cm³/mol. The van der Waals surface area contributed by atoms with E-state index in [-0.39, 0.29) is 16.4 Å². The third-order valence-electron chi connectivity index (χ3n) is 4.83. The molecule has 0 aliphatic heterocycles. The van der Waals surface area contributed by atoms with Gasteiger partial charge >= 0.3 is 12.4 Å². The maximum atomic E-state index is 15.1. The molecule has 0 unspecified atom stereocenters. The molecule has 0 radical (unpaired) electrons. The summed E-state index contributed by atoms with van der Waals surface area (Å²) in [4.78, 5) is 26.2. The highest BCUT2D eigenvalue weighted by Crippen LogP contribution is 2.45. The molecule has 0 bridgehead atoms. The number of carbonyl (C=O) groups is 1. The number of benzene rings is 2. The van der Waals surface area contributed by atoms with Crippen molar-refractivity contribution in [3.05, 3.63) is 68.0 Å². The van der Waals surface area contributed by atoms with Crippen LogP contribution in [0.5, 0.6) is 5.75 Å². The highest BCUT2D eigenvalue weighted by Gasteiger charge is 2.43. The lowest BCUT2D eigenvalue weighted by molar-refractivity contribution is -0.153. The summed E-state index contributed by atoms with van der Waals surface area (Å²) in [6.45, 7) is 0.102. The van der Waals surface area contributed by atoms with Gasteiger partial charge in [0.05, 0.1) is 22.0 Å². The molecule has 2 aromatic carbocycles. The smallest absolute Gasteiger partial charge is 0.427 e. The molecule has 0 spiro atoms. The molecule has 38 heavy (non-hydrogen) atoms. The van der Waals surface area contributed by atoms with E-state index >= 15 is 4.39 Å². The minimum atomic E-state index is -5.03. The Kier molecular flexibility index (Phi) is 8.03. The first-order chi connectivity index (χ1) is 17.4. The molecule has 3 aromatic rings. The third kappa shape index (κ3) is 6.38. The van der Waals surface area contributed by atoms with E-state index in [0.717, 1.165) is 19.9 Å². The fraction of sp³-hybridized carbons (Fsp3) is 0.273. The predicted octanol–water partition coefficient (Wildman–Crippen LogP) is 7.96. The minimum absolute atomic E-state index is 0.0913. The van der Waals surface area contributed by atoms with E-state index in [2.05, 4.69) is 14.9 Å². The maximum absolute atomic E-state index is 15.1. The molecule has 204 valence electrons. The van der Waals surface area contributed by atoms with Crippen molar-refractivity contribution in [1.82, 2.24) is 4.98 Å². The van der Waals surface area contributed by atoms with Gasteiger partial charge in [-0.2, -0.15) is 26.3 Å². The van der Waals surface area contributed by atoms with Gasteiger partial charge in [0.15, 0.2) is 6.61 Å². The first kappa shape index (κ1) is 29.2. The molecular formula is C22H14ClF8N3O3S. The van der Waals surface area contributed by atoms with E-state index in [4.69, 9.17) is 11.6 Å². The van der Waals surface area contributed by atoms with E-state index in [0.29, 0.717) is 12.1 Å². The van der Waals surface area contributed by atoms with Gasteiger partial charge < -0.3 is 10.1 Å². The monoisotopic (exact) mass is 587 g/mol. The van der Waals surface area contributed by atoms with Crippen LogP contribution >= 0.6 is 22.9 Å².